The Bertz CT molecular complexity index is 588. The fourth-order valence-electron chi connectivity index (χ4n) is 1.76. The van der Waals surface area contributed by atoms with Gasteiger partial charge in [0.05, 0.1) is 7.11 Å². The van der Waals surface area contributed by atoms with Gasteiger partial charge in [0.2, 0.25) is 0 Å². The number of ether oxygens (including phenoxy) is 1. The normalized spacial score (nSPS) is 14.7. The molecule has 1 fully saturated rings. The van der Waals surface area contributed by atoms with E-state index in [1.807, 2.05) is 18.2 Å². The Morgan fingerprint density at radius 1 is 1.58 bits per heavy atom. The summed E-state index contributed by atoms with van der Waals surface area (Å²) in [5.41, 5.74) is 10.4. The van der Waals surface area contributed by atoms with E-state index in [9.17, 15) is 4.79 Å². The molecular formula is C13H12BrN3O2. The Morgan fingerprint density at radius 2 is 2.32 bits per heavy atom. The third-order valence-electron chi connectivity index (χ3n) is 2.91. The summed E-state index contributed by atoms with van der Waals surface area (Å²) in [6, 6.07) is 5.96. The molecule has 0 bridgehead atoms. The minimum Gasteiger partial charge on any atom is -0.466 e. The van der Waals surface area contributed by atoms with Gasteiger partial charge < -0.3 is 4.74 Å². The maximum absolute atomic E-state index is 11.4. The van der Waals surface area contributed by atoms with Gasteiger partial charge in [-0.3, -0.25) is 0 Å². The molecule has 0 unspecified atom stereocenters. The summed E-state index contributed by atoms with van der Waals surface area (Å²) in [4.78, 5) is 14.1. The number of azide groups is 1. The topological polar surface area (TPSA) is 75.1 Å². The van der Waals surface area contributed by atoms with Crippen molar-refractivity contribution < 1.29 is 9.53 Å². The van der Waals surface area contributed by atoms with E-state index in [1.54, 1.807) is 0 Å². The maximum atomic E-state index is 11.4. The van der Waals surface area contributed by atoms with E-state index in [-0.39, 0.29) is 5.70 Å². The summed E-state index contributed by atoms with van der Waals surface area (Å²) >= 11 is 3.46. The predicted octanol–water partition coefficient (Wildman–Crippen LogP) is 4.15. The average Bonchev–Trinajstić information content (AvgIpc) is 3.23. The van der Waals surface area contributed by atoms with Crippen molar-refractivity contribution >= 4 is 28.0 Å². The monoisotopic (exact) mass is 321 g/mol. The molecule has 0 aromatic heterocycles. The lowest BCUT2D eigenvalue weighted by Gasteiger charge is -2.04. The number of esters is 1. The van der Waals surface area contributed by atoms with E-state index in [1.165, 1.54) is 31.6 Å². The SMILES string of the molecule is COC(=O)/C(=C/c1ccc(C2CC2)cc1Br)N=[N+]=[N-]. The first kappa shape index (κ1) is 13.6. The van der Waals surface area contributed by atoms with Crippen LogP contribution in [-0.4, -0.2) is 13.1 Å². The highest BCUT2D eigenvalue weighted by molar-refractivity contribution is 9.10. The zero-order valence-electron chi connectivity index (χ0n) is 10.3. The Morgan fingerprint density at radius 3 is 2.84 bits per heavy atom. The number of rotatable bonds is 4. The molecule has 1 aromatic carbocycles. The van der Waals surface area contributed by atoms with Gasteiger partial charge in [0, 0.05) is 9.38 Å². The van der Waals surface area contributed by atoms with Gasteiger partial charge in [0.25, 0.3) is 0 Å². The zero-order chi connectivity index (χ0) is 13.8. The minimum atomic E-state index is -0.657. The molecule has 5 nitrogen and oxygen atoms in total. The van der Waals surface area contributed by atoms with Crippen LogP contribution in [0.15, 0.2) is 33.5 Å². The van der Waals surface area contributed by atoms with Crippen molar-refractivity contribution in [1.82, 2.24) is 0 Å². The van der Waals surface area contributed by atoms with Gasteiger partial charge in [-0.1, -0.05) is 33.2 Å². The van der Waals surface area contributed by atoms with E-state index >= 15 is 0 Å². The summed E-state index contributed by atoms with van der Waals surface area (Å²) < 4.78 is 5.43. The molecule has 0 atom stereocenters. The molecule has 0 saturated heterocycles. The number of hydrogen-bond donors (Lipinski definition) is 0. The van der Waals surface area contributed by atoms with Gasteiger partial charge in [-0.2, -0.15) is 0 Å². The van der Waals surface area contributed by atoms with Gasteiger partial charge in [0.15, 0.2) is 0 Å². The highest BCUT2D eigenvalue weighted by Gasteiger charge is 2.23. The molecule has 0 amide bonds. The summed E-state index contributed by atoms with van der Waals surface area (Å²) in [7, 11) is 1.24. The molecule has 0 spiro atoms. The summed E-state index contributed by atoms with van der Waals surface area (Å²) in [6.45, 7) is 0. The first-order chi connectivity index (χ1) is 9.15. The molecule has 1 aliphatic carbocycles. The number of carbonyl (C=O) groups is 1. The van der Waals surface area contributed by atoms with E-state index in [2.05, 4.69) is 30.7 Å². The molecule has 1 saturated carbocycles. The van der Waals surface area contributed by atoms with Crippen LogP contribution in [-0.2, 0) is 9.53 Å². The lowest BCUT2D eigenvalue weighted by Crippen LogP contribution is -2.02. The third kappa shape index (κ3) is 3.36. The fraction of sp³-hybridized carbons (Fsp3) is 0.308. The molecular weight excluding hydrogens is 310 g/mol. The minimum absolute atomic E-state index is 0.0649. The number of carbonyl (C=O) groups excluding carboxylic acids is 1. The maximum Gasteiger partial charge on any atom is 0.340 e. The van der Waals surface area contributed by atoms with Crippen LogP contribution in [0.3, 0.4) is 0 Å². The molecule has 0 radical (unpaired) electrons. The van der Waals surface area contributed by atoms with Crippen molar-refractivity contribution in [2.45, 2.75) is 18.8 Å². The van der Waals surface area contributed by atoms with Gasteiger partial charge in [-0.25, -0.2) is 4.79 Å². The first-order valence-electron chi connectivity index (χ1n) is 5.80. The summed E-state index contributed by atoms with van der Waals surface area (Å²) in [5, 5.41) is 3.35. The quantitative estimate of drug-likeness (QED) is 0.274. The van der Waals surface area contributed by atoms with Crippen molar-refractivity contribution in [3.63, 3.8) is 0 Å². The molecule has 6 heteroatoms. The predicted molar refractivity (Wildman–Crippen MR) is 75.3 cm³/mol. The molecule has 1 aliphatic rings. The van der Waals surface area contributed by atoms with Gasteiger partial charge in [0.1, 0.15) is 5.70 Å². The van der Waals surface area contributed by atoms with Gasteiger partial charge >= 0.3 is 5.97 Å². The Labute approximate surface area is 119 Å². The van der Waals surface area contributed by atoms with Crippen molar-refractivity contribution in [3.8, 4) is 0 Å². The Hall–Kier alpha value is -1.78. The average molecular weight is 322 g/mol. The Balaban J connectivity index is 2.34. The summed E-state index contributed by atoms with van der Waals surface area (Å²) in [5.74, 6) is 0.00232. The number of halogens is 1. The number of hydrogen-bond acceptors (Lipinski definition) is 3. The largest absolute Gasteiger partial charge is 0.466 e. The van der Waals surface area contributed by atoms with Crippen LogP contribution in [0.1, 0.15) is 29.9 Å². The van der Waals surface area contributed by atoms with Crippen molar-refractivity contribution in [3.05, 3.63) is 49.9 Å². The molecule has 0 aliphatic heterocycles. The van der Waals surface area contributed by atoms with E-state index in [4.69, 9.17) is 5.53 Å². The highest BCUT2D eigenvalue weighted by atomic mass is 79.9. The van der Waals surface area contributed by atoms with Crippen LogP contribution in [0, 0.1) is 0 Å². The van der Waals surface area contributed by atoms with Crippen LogP contribution < -0.4 is 0 Å². The second-order valence-electron chi connectivity index (χ2n) is 4.27. The van der Waals surface area contributed by atoms with Crippen LogP contribution in [0.5, 0.6) is 0 Å². The highest BCUT2D eigenvalue weighted by Crippen LogP contribution is 2.41. The fourth-order valence-corrected chi connectivity index (χ4v) is 2.27. The molecule has 19 heavy (non-hydrogen) atoms. The van der Waals surface area contributed by atoms with Crippen LogP contribution in [0.25, 0.3) is 16.5 Å². The number of benzene rings is 1. The zero-order valence-corrected chi connectivity index (χ0v) is 11.9. The van der Waals surface area contributed by atoms with E-state index in [0.29, 0.717) is 5.92 Å². The lowest BCUT2D eigenvalue weighted by molar-refractivity contribution is -0.136. The summed E-state index contributed by atoms with van der Waals surface area (Å²) in [6.07, 6.45) is 3.97. The third-order valence-corrected chi connectivity index (χ3v) is 3.60. The molecule has 1 aromatic rings. The standard InChI is InChI=1S/C13H12BrN3O2/c1-19-13(18)12(16-17-15)7-10-5-4-9(6-11(10)14)8-2-3-8/h4-8H,2-3H2,1H3/b12-7-. The molecule has 2 rings (SSSR count). The van der Waals surface area contributed by atoms with Crippen molar-refractivity contribution in [1.29, 1.82) is 0 Å². The van der Waals surface area contributed by atoms with E-state index < -0.39 is 5.97 Å². The van der Waals surface area contributed by atoms with Gasteiger partial charge in [-0.05, 0) is 47.6 Å². The number of methoxy groups -OCH3 is 1. The van der Waals surface area contributed by atoms with Crippen LogP contribution >= 0.6 is 15.9 Å². The second kappa shape index (κ2) is 5.91. The first-order valence-corrected chi connectivity index (χ1v) is 6.59. The lowest BCUT2D eigenvalue weighted by atomic mass is 10.1. The van der Waals surface area contributed by atoms with Crippen LogP contribution in [0.2, 0.25) is 0 Å². The van der Waals surface area contributed by atoms with Gasteiger partial charge in [-0.15, -0.1) is 0 Å². The van der Waals surface area contributed by atoms with E-state index in [0.717, 1.165) is 10.0 Å². The molecule has 0 N–H and O–H groups in total. The van der Waals surface area contributed by atoms with Crippen LogP contribution in [0.4, 0.5) is 0 Å². The van der Waals surface area contributed by atoms with Crippen molar-refractivity contribution in [2.24, 2.45) is 5.11 Å². The number of nitrogens with zero attached hydrogens (tertiary/aromatic N) is 3. The van der Waals surface area contributed by atoms with Crippen molar-refractivity contribution in [2.75, 3.05) is 7.11 Å². The smallest absolute Gasteiger partial charge is 0.340 e. The second-order valence-corrected chi connectivity index (χ2v) is 5.12. The Kier molecular flexibility index (Phi) is 4.24. The molecule has 0 heterocycles. The molecule has 98 valence electrons.